The van der Waals surface area contributed by atoms with Gasteiger partial charge in [-0.1, -0.05) is 44.2 Å². The molecule has 0 unspecified atom stereocenters. The van der Waals surface area contributed by atoms with Crippen molar-refractivity contribution in [2.24, 2.45) is 0 Å². The van der Waals surface area contributed by atoms with Gasteiger partial charge in [-0.25, -0.2) is 4.79 Å². The average molecular weight is 416 g/mol. The summed E-state index contributed by atoms with van der Waals surface area (Å²) in [6.45, 7) is 2.95. The number of nitrogens with one attached hydrogen (secondary N) is 2. The predicted octanol–water partition coefficient (Wildman–Crippen LogP) is 2.29. The van der Waals surface area contributed by atoms with Crippen LogP contribution in [0.5, 0.6) is 0 Å². The number of amides is 2. The van der Waals surface area contributed by atoms with Crippen molar-refractivity contribution < 1.29 is 23.3 Å². The Kier molecular flexibility index (Phi) is 8.54. The van der Waals surface area contributed by atoms with Crippen molar-refractivity contribution >= 4 is 34.3 Å². The molecular formula is C21H24N2O5S. The molecule has 0 saturated carbocycles. The van der Waals surface area contributed by atoms with Gasteiger partial charge in [-0.05, 0) is 30.2 Å². The summed E-state index contributed by atoms with van der Waals surface area (Å²) in [4.78, 5) is 36.5. The van der Waals surface area contributed by atoms with Crippen molar-refractivity contribution in [3.8, 4) is 0 Å². The van der Waals surface area contributed by atoms with E-state index in [1.54, 1.807) is 31.2 Å². The maximum absolute atomic E-state index is 12.2. The molecule has 0 heterocycles. The standard InChI is InChI=1S/C21H24N2O5S/c1-3-15-9-5-7-11-17(15)23-19(24)13-22-20(25)14-28-21(26)16-10-6-8-12-18(16)29(27)4-2/h5-12H,3-4,13-14H2,1-2H3,(H,22,25)(H,23,24)/t29-/m1/s1. The van der Waals surface area contributed by atoms with Gasteiger partial charge >= 0.3 is 5.97 Å². The first-order valence-corrected chi connectivity index (χ1v) is 10.6. The second-order valence-corrected chi connectivity index (χ2v) is 7.75. The Hall–Kier alpha value is -3.00. The van der Waals surface area contributed by atoms with E-state index in [0.717, 1.165) is 12.0 Å². The fourth-order valence-corrected chi connectivity index (χ4v) is 3.51. The van der Waals surface area contributed by atoms with Crippen LogP contribution in [-0.4, -0.2) is 40.9 Å². The van der Waals surface area contributed by atoms with Crippen molar-refractivity contribution in [2.75, 3.05) is 24.2 Å². The average Bonchev–Trinajstić information content (AvgIpc) is 2.75. The summed E-state index contributed by atoms with van der Waals surface area (Å²) in [5.41, 5.74) is 1.85. The van der Waals surface area contributed by atoms with Crippen LogP contribution in [0.3, 0.4) is 0 Å². The first-order chi connectivity index (χ1) is 14.0. The van der Waals surface area contributed by atoms with E-state index in [9.17, 15) is 18.6 Å². The minimum atomic E-state index is -1.32. The van der Waals surface area contributed by atoms with Gasteiger partial charge < -0.3 is 15.4 Å². The molecule has 0 aliphatic rings. The Bertz CT molecular complexity index is 913. The molecule has 0 bridgehead atoms. The van der Waals surface area contributed by atoms with Gasteiger partial charge in [0.2, 0.25) is 5.91 Å². The highest BCUT2D eigenvalue weighted by Crippen LogP contribution is 2.16. The van der Waals surface area contributed by atoms with Crippen LogP contribution in [0.25, 0.3) is 0 Å². The highest BCUT2D eigenvalue weighted by molar-refractivity contribution is 7.85. The van der Waals surface area contributed by atoms with Crippen LogP contribution >= 0.6 is 0 Å². The van der Waals surface area contributed by atoms with Crippen molar-refractivity contribution in [3.05, 3.63) is 59.7 Å². The van der Waals surface area contributed by atoms with Crippen LogP contribution in [0.4, 0.5) is 5.69 Å². The summed E-state index contributed by atoms with van der Waals surface area (Å²) in [5.74, 6) is -1.36. The van der Waals surface area contributed by atoms with E-state index in [1.165, 1.54) is 6.07 Å². The third kappa shape index (κ3) is 6.53. The van der Waals surface area contributed by atoms with Gasteiger partial charge in [0.1, 0.15) is 0 Å². The SMILES string of the molecule is CCc1ccccc1NC(=O)CNC(=O)COC(=O)c1ccccc1[S@](=O)CC. The second kappa shape index (κ2) is 11.1. The molecule has 7 nitrogen and oxygen atoms in total. The summed E-state index contributed by atoms with van der Waals surface area (Å²) >= 11 is 0. The lowest BCUT2D eigenvalue weighted by molar-refractivity contribution is -0.126. The van der Waals surface area contributed by atoms with Crippen LogP contribution in [0.15, 0.2) is 53.4 Å². The summed E-state index contributed by atoms with van der Waals surface area (Å²) in [6.07, 6.45) is 0.767. The van der Waals surface area contributed by atoms with Crippen LogP contribution < -0.4 is 10.6 Å². The Morgan fingerprint density at radius 3 is 2.38 bits per heavy atom. The Morgan fingerprint density at radius 1 is 0.966 bits per heavy atom. The quantitative estimate of drug-likeness (QED) is 0.611. The van der Waals surface area contributed by atoms with E-state index in [1.807, 2.05) is 25.1 Å². The molecule has 2 aromatic rings. The minimum absolute atomic E-state index is 0.161. The van der Waals surface area contributed by atoms with Gasteiger partial charge in [-0.3, -0.25) is 13.8 Å². The Morgan fingerprint density at radius 2 is 1.66 bits per heavy atom. The van der Waals surface area contributed by atoms with Crippen LogP contribution in [0.1, 0.15) is 29.8 Å². The molecule has 0 spiro atoms. The highest BCUT2D eigenvalue weighted by Gasteiger charge is 2.17. The van der Waals surface area contributed by atoms with Crippen LogP contribution in [-0.2, 0) is 31.5 Å². The van der Waals surface area contributed by atoms with Crippen molar-refractivity contribution in [1.82, 2.24) is 5.32 Å². The number of hydrogen-bond donors (Lipinski definition) is 2. The zero-order valence-corrected chi connectivity index (χ0v) is 17.2. The zero-order valence-electron chi connectivity index (χ0n) is 16.4. The van der Waals surface area contributed by atoms with Gasteiger partial charge in [-0.15, -0.1) is 0 Å². The van der Waals surface area contributed by atoms with Gasteiger partial charge in [0, 0.05) is 11.4 Å². The Labute approximate surface area is 172 Å². The largest absolute Gasteiger partial charge is 0.452 e. The molecule has 8 heteroatoms. The Balaban J connectivity index is 1.84. The number of esters is 1. The van der Waals surface area contributed by atoms with Crippen LogP contribution in [0.2, 0.25) is 0 Å². The lowest BCUT2D eigenvalue weighted by Crippen LogP contribution is -2.35. The first kappa shape index (κ1) is 22.3. The maximum Gasteiger partial charge on any atom is 0.339 e. The number of anilines is 1. The normalized spacial score (nSPS) is 11.4. The molecule has 154 valence electrons. The third-order valence-electron chi connectivity index (χ3n) is 4.07. The van der Waals surface area contributed by atoms with Crippen molar-refractivity contribution in [2.45, 2.75) is 25.2 Å². The molecule has 0 saturated heterocycles. The molecule has 0 fully saturated rings. The van der Waals surface area contributed by atoms with Crippen LogP contribution in [0, 0.1) is 0 Å². The van der Waals surface area contributed by atoms with Gasteiger partial charge in [0.15, 0.2) is 6.61 Å². The summed E-state index contributed by atoms with van der Waals surface area (Å²) in [7, 11) is -1.32. The van der Waals surface area contributed by atoms with E-state index >= 15 is 0 Å². The number of ether oxygens (including phenoxy) is 1. The number of carbonyl (C=O) groups is 3. The van der Waals surface area contributed by atoms with E-state index in [0.29, 0.717) is 16.3 Å². The monoisotopic (exact) mass is 416 g/mol. The number of para-hydroxylation sites is 1. The van der Waals surface area contributed by atoms with Gasteiger partial charge in [-0.2, -0.15) is 0 Å². The summed E-state index contributed by atoms with van der Waals surface area (Å²) in [5, 5.41) is 5.15. The lowest BCUT2D eigenvalue weighted by atomic mass is 10.1. The lowest BCUT2D eigenvalue weighted by Gasteiger charge is -2.11. The predicted molar refractivity (Wildman–Crippen MR) is 111 cm³/mol. The summed E-state index contributed by atoms with van der Waals surface area (Å²) in [6, 6.07) is 13.8. The third-order valence-corrected chi connectivity index (χ3v) is 5.44. The number of aryl methyl sites for hydroxylation is 1. The first-order valence-electron chi connectivity index (χ1n) is 9.25. The summed E-state index contributed by atoms with van der Waals surface area (Å²) < 4.78 is 17.0. The van der Waals surface area contributed by atoms with Crippen molar-refractivity contribution in [1.29, 1.82) is 0 Å². The van der Waals surface area contributed by atoms with E-state index in [-0.39, 0.29) is 18.0 Å². The number of hydrogen-bond acceptors (Lipinski definition) is 5. The second-order valence-electron chi connectivity index (χ2n) is 6.04. The molecule has 0 aliphatic carbocycles. The minimum Gasteiger partial charge on any atom is -0.452 e. The fourth-order valence-electron chi connectivity index (χ4n) is 2.57. The molecule has 2 aromatic carbocycles. The van der Waals surface area contributed by atoms with Gasteiger partial charge in [0.05, 0.1) is 27.8 Å². The molecular weight excluding hydrogens is 392 g/mol. The number of carbonyl (C=O) groups excluding carboxylic acids is 3. The van der Waals surface area contributed by atoms with E-state index < -0.39 is 29.3 Å². The van der Waals surface area contributed by atoms with Crippen molar-refractivity contribution in [3.63, 3.8) is 0 Å². The molecule has 2 N–H and O–H groups in total. The van der Waals surface area contributed by atoms with E-state index in [2.05, 4.69) is 10.6 Å². The number of benzene rings is 2. The molecule has 0 aliphatic heterocycles. The highest BCUT2D eigenvalue weighted by atomic mass is 32.2. The van der Waals surface area contributed by atoms with E-state index in [4.69, 9.17) is 4.74 Å². The molecule has 29 heavy (non-hydrogen) atoms. The van der Waals surface area contributed by atoms with Gasteiger partial charge in [0.25, 0.3) is 5.91 Å². The number of rotatable bonds is 9. The molecule has 2 amide bonds. The fraction of sp³-hybridized carbons (Fsp3) is 0.286. The molecule has 0 radical (unpaired) electrons. The smallest absolute Gasteiger partial charge is 0.339 e. The molecule has 0 aromatic heterocycles. The topological polar surface area (TPSA) is 102 Å². The molecule has 2 rings (SSSR count). The zero-order chi connectivity index (χ0) is 21.2. The molecule has 1 atom stereocenters. The maximum atomic E-state index is 12.2.